The number of aromatic nitrogens is 2. The van der Waals surface area contributed by atoms with Crippen molar-refractivity contribution < 1.29 is 14.3 Å². The molecule has 2 saturated heterocycles. The number of hydrogen-bond acceptors (Lipinski definition) is 8. The van der Waals surface area contributed by atoms with Gasteiger partial charge in [0.25, 0.3) is 0 Å². The molecule has 5 rings (SSSR count). The minimum absolute atomic E-state index is 0.0553. The zero-order valence-electron chi connectivity index (χ0n) is 21.4. The topological polar surface area (TPSA) is 91.9 Å². The highest BCUT2D eigenvalue weighted by Crippen LogP contribution is 2.30. The zero-order chi connectivity index (χ0) is 26.6. The SMILES string of the molecule is C=CC(=O)N1CC(Nc2cccc(Oc3nc(Nc4ccc(N5CC(C)OC(C)C5)cc4)ncc3Cl)c2)C1. The number of carbonyl (C=O) groups is 1. The van der Waals surface area contributed by atoms with Gasteiger partial charge < -0.3 is 29.9 Å². The predicted molar refractivity (Wildman–Crippen MR) is 150 cm³/mol. The highest BCUT2D eigenvalue weighted by atomic mass is 35.5. The first kappa shape index (κ1) is 25.8. The maximum Gasteiger partial charge on any atom is 0.246 e. The highest BCUT2D eigenvalue weighted by molar-refractivity contribution is 6.31. The van der Waals surface area contributed by atoms with Crippen LogP contribution in [0, 0.1) is 0 Å². The lowest BCUT2D eigenvalue weighted by Crippen LogP contribution is -2.56. The monoisotopic (exact) mass is 534 g/mol. The van der Waals surface area contributed by atoms with E-state index in [0.29, 0.717) is 29.8 Å². The van der Waals surface area contributed by atoms with Crippen molar-refractivity contribution in [3.05, 3.63) is 72.4 Å². The molecule has 2 aliphatic rings. The predicted octanol–water partition coefficient (Wildman–Crippen LogP) is 5.09. The molecule has 0 saturated carbocycles. The fourth-order valence-electron chi connectivity index (χ4n) is 4.63. The van der Waals surface area contributed by atoms with Crippen molar-refractivity contribution in [1.29, 1.82) is 0 Å². The molecule has 2 fully saturated rings. The van der Waals surface area contributed by atoms with Crippen LogP contribution >= 0.6 is 11.6 Å². The molecule has 10 heteroatoms. The summed E-state index contributed by atoms with van der Waals surface area (Å²) >= 11 is 6.34. The van der Waals surface area contributed by atoms with Crippen molar-refractivity contribution in [2.45, 2.75) is 32.1 Å². The van der Waals surface area contributed by atoms with Crippen molar-refractivity contribution in [1.82, 2.24) is 14.9 Å². The van der Waals surface area contributed by atoms with Crippen LogP contribution in [0.4, 0.5) is 23.0 Å². The number of carbonyl (C=O) groups excluding carboxylic acids is 1. The minimum atomic E-state index is -0.0553. The van der Waals surface area contributed by atoms with Gasteiger partial charge in [0.2, 0.25) is 17.7 Å². The van der Waals surface area contributed by atoms with Gasteiger partial charge in [-0.15, -0.1) is 0 Å². The third-order valence-corrected chi connectivity index (χ3v) is 6.67. The molecule has 0 bridgehead atoms. The van der Waals surface area contributed by atoms with E-state index < -0.39 is 0 Å². The Balaban J connectivity index is 1.21. The third kappa shape index (κ3) is 6.17. The van der Waals surface area contributed by atoms with Crippen LogP contribution in [0.5, 0.6) is 11.6 Å². The van der Waals surface area contributed by atoms with Crippen LogP contribution in [0.15, 0.2) is 67.4 Å². The molecule has 2 atom stereocenters. The van der Waals surface area contributed by atoms with Crippen LogP contribution in [0.25, 0.3) is 0 Å². The second-order valence-corrected chi connectivity index (χ2v) is 10.0. The Morgan fingerprint density at radius 1 is 1.11 bits per heavy atom. The number of morpholine rings is 1. The van der Waals surface area contributed by atoms with E-state index in [1.807, 2.05) is 36.4 Å². The molecule has 2 N–H and O–H groups in total. The van der Waals surface area contributed by atoms with Gasteiger partial charge in [0.1, 0.15) is 10.8 Å². The summed E-state index contributed by atoms with van der Waals surface area (Å²) in [5.41, 5.74) is 2.88. The Morgan fingerprint density at radius 3 is 2.55 bits per heavy atom. The van der Waals surface area contributed by atoms with Crippen LogP contribution in [0.3, 0.4) is 0 Å². The standard InChI is InChI=1S/C28H31ClN6O3/c1-4-26(36)35-16-22(17-35)31-21-6-5-7-24(12-21)38-27-25(29)13-30-28(33-27)32-20-8-10-23(11-9-20)34-14-18(2)37-19(3)15-34/h4-13,18-19,22,31H,1,14-17H2,2-3H3,(H,30,32,33). The Bertz CT molecular complexity index is 1290. The number of nitrogens with zero attached hydrogens (tertiary/aromatic N) is 4. The Hall–Kier alpha value is -3.82. The lowest BCUT2D eigenvalue weighted by molar-refractivity contribution is -0.129. The second-order valence-electron chi connectivity index (χ2n) is 9.60. The normalized spacial score (nSPS) is 19.4. The first-order valence-electron chi connectivity index (χ1n) is 12.6. The molecule has 198 valence electrons. The highest BCUT2D eigenvalue weighted by Gasteiger charge is 2.29. The largest absolute Gasteiger partial charge is 0.437 e. The number of amides is 1. The summed E-state index contributed by atoms with van der Waals surface area (Å²) in [5.74, 6) is 1.15. The van der Waals surface area contributed by atoms with Crippen LogP contribution in [-0.2, 0) is 9.53 Å². The van der Waals surface area contributed by atoms with Crippen LogP contribution < -0.4 is 20.3 Å². The second kappa shape index (κ2) is 11.3. The van der Waals surface area contributed by atoms with Gasteiger partial charge in [0.05, 0.1) is 24.4 Å². The summed E-state index contributed by atoms with van der Waals surface area (Å²) in [6.45, 7) is 10.7. The average Bonchev–Trinajstić information content (AvgIpc) is 2.87. The summed E-state index contributed by atoms with van der Waals surface area (Å²) in [6, 6.07) is 15.9. The van der Waals surface area contributed by atoms with Crippen molar-refractivity contribution in [3.63, 3.8) is 0 Å². The number of halogens is 1. The van der Waals surface area contributed by atoms with Gasteiger partial charge in [-0.05, 0) is 56.3 Å². The molecule has 3 aromatic rings. The van der Waals surface area contributed by atoms with Gasteiger partial charge in [-0.1, -0.05) is 24.2 Å². The molecule has 1 aromatic heterocycles. The molecule has 2 aromatic carbocycles. The van der Waals surface area contributed by atoms with E-state index in [1.54, 1.807) is 4.90 Å². The summed E-state index contributed by atoms with van der Waals surface area (Å²) in [4.78, 5) is 24.5. The van der Waals surface area contributed by atoms with E-state index in [4.69, 9.17) is 21.1 Å². The summed E-state index contributed by atoms with van der Waals surface area (Å²) in [7, 11) is 0. The number of rotatable bonds is 8. The Kier molecular flexibility index (Phi) is 7.67. The summed E-state index contributed by atoms with van der Waals surface area (Å²) in [6.07, 6.45) is 3.25. The molecule has 0 aliphatic carbocycles. The number of nitrogens with one attached hydrogen (secondary N) is 2. The lowest BCUT2D eigenvalue weighted by atomic mass is 10.1. The molecule has 3 heterocycles. The lowest BCUT2D eigenvalue weighted by Gasteiger charge is -2.39. The van der Waals surface area contributed by atoms with Crippen LogP contribution in [0.2, 0.25) is 5.02 Å². The van der Waals surface area contributed by atoms with Crippen LogP contribution in [0.1, 0.15) is 13.8 Å². The molecule has 2 aliphatic heterocycles. The molecule has 2 unspecified atom stereocenters. The minimum Gasteiger partial charge on any atom is -0.437 e. The molecule has 38 heavy (non-hydrogen) atoms. The first-order chi connectivity index (χ1) is 18.4. The van der Waals surface area contributed by atoms with Crippen LogP contribution in [-0.4, -0.2) is 65.2 Å². The summed E-state index contributed by atoms with van der Waals surface area (Å²) in [5, 5.41) is 6.93. The Morgan fingerprint density at radius 2 is 1.84 bits per heavy atom. The average molecular weight is 535 g/mol. The maximum atomic E-state index is 11.7. The van der Waals surface area contributed by atoms with Crippen molar-refractivity contribution in [3.8, 4) is 11.6 Å². The quantitative estimate of drug-likeness (QED) is 0.386. The van der Waals surface area contributed by atoms with E-state index in [0.717, 1.165) is 30.2 Å². The molecular weight excluding hydrogens is 504 g/mol. The van der Waals surface area contributed by atoms with E-state index in [1.165, 1.54) is 12.3 Å². The molecule has 9 nitrogen and oxygen atoms in total. The number of likely N-dealkylation sites (tertiary alicyclic amines) is 1. The van der Waals surface area contributed by atoms with Crippen molar-refractivity contribution in [2.24, 2.45) is 0 Å². The smallest absolute Gasteiger partial charge is 0.246 e. The fourth-order valence-corrected chi connectivity index (χ4v) is 4.76. The van der Waals surface area contributed by atoms with Gasteiger partial charge in [-0.3, -0.25) is 4.79 Å². The van der Waals surface area contributed by atoms with E-state index in [-0.39, 0.29) is 30.0 Å². The van der Waals surface area contributed by atoms with Gasteiger partial charge in [-0.25, -0.2) is 4.98 Å². The van der Waals surface area contributed by atoms with Gasteiger partial charge in [0.15, 0.2) is 0 Å². The van der Waals surface area contributed by atoms with Gasteiger partial charge in [0, 0.05) is 49.3 Å². The zero-order valence-corrected chi connectivity index (χ0v) is 22.2. The number of anilines is 4. The third-order valence-electron chi connectivity index (χ3n) is 6.41. The van der Waals surface area contributed by atoms with Gasteiger partial charge in [-0.2, -0.15) is 4.98 Å². The Labute approximate surface area is 227 Å². The fraction of sp³-hybridized carbons (Fsp3) is 0.321. The van der Waals surface area contributed by atoms with Crippen molar-refractivity contribution >= 4 is 40.5 Å². The number of hydrogen-bond donors (Lipinski definition) is 2. The number of benzene rings is 2. The van der Waals surface area contributed by atoms with E-state index in [9.17, 15) is 4.79 Å². The maximum absolute atomic E-state index is 11.7. The first-order valence-corrected chi connectivity index (χ1v) is 13.0. The van der Waals surface area contributed by atoms with Crippen molar-refractivity contribution in [2.75, 3.05) is 41.7 Å². The molecule has 0 radical (unpaired) electrons. The summed E-state index contributed by atoms with van der Waals surface area (Å²) < 4.78 is 11.8. The molecular formula is C28H31ClN6O3. The number of ether oxygens (including phenoxy) is 2. The van der Waals surface area contributed by atoms with E-state index in [2.05, 4.69) is 58.1 Å². The molecule has 0 spiro atoms. The molecule has 1 amide bonds. The van der Waals surface area contributed by atoms with Gasteiger partial charge >= 0.3 is 0 Å². The van der Waals surface area contributed by atoms with E-state index >= 15 is 0 Å².